The minimum absolute atomic E-state index is 0.0681. The lowest BCUT2D eigenvalue weighted by molar-refractivity contribution is 0.450. The van der Waals surface area contributed by atoms with Gasteiger partial charge in [-0.05, 0) is 19.1 Å². The Morgan fingerprint density at radius 1 is 1.47 bits per heavy atom. The Hall–Kier alpha value is -1.49. The first kappa shape index (κ1) is 10.0. The van der Waals surface area contributed by atoms with Gasteiger partial charge in [0.2, 0.25) is 5.88 Å². The van der Waals surface area contributed by atoms with Gasteiger partial charge in [-0.25, -0.2) is 0 Å². The third kappa shape index (κ3) is 2.50. The molecule has 0 fully saturated rings. The molecular weight excluding hydrogens is 210 g/mol. The van der Waals surface area contributed by atoms with Crippen LogP contribution in [0.3, 0.4) is 0 Å². The molecule has 0 atom stereocenters. The molecule has 2 N–H and O–H groups in total. The Labute approximate surface area is 91.8 Å². The minimum Gasteiger partial charge on any atom is -0.492 e. The van der Waals surface area contributed by atoms with Crippen molar-refractivity contribution in [1.29, 1.82) is 0 Å². The molecule has 0 saturated heterocycles. The molecule has 0 unspecified atom stereocenters. The minimum atomic E-state index is 0.0681. The number of nitrogens with zero attached hydrogens (tertiary/aromatic N) is 2. The van der Waals surface area contributed by atoms with Crippen LogP contribution in [-0.4, -0.2) is 20.1 Å². The van der Waals surface area contributed by atoms with E-state index in [4.69, 9.17) is 0 Å². The van der Waals surface area contributed by atoms with Crippen molar-refractivity contribution in [3.63, 3.8) is 0 Å². The number of hydrogen-bond donors (Lipinski definition) is 2. The lowest BCUT2D eigenvalue weighted by atomic mass is 10.4. The zero-order valence-electron chi connectivity index (χ0n) is 8.27. The van der Waals surface area contributed by atoms with Crippen molar-refractivity contribution >= 4 is 11.8 Å². The Bertz CT molecular complexity index is 422. The molecule has 0 bridgehead atoms. The van der Waals surface area contributed by atoms with Gasteiger partial charge in [-0.2, -0.15) is 4.98 Å². The van der Waals surface area contributed by atoms with Crippen molar-refractivity contribution in [2.45, 2.75) is 17.8 Å². The van der Waals surface area contributed by atoms with Crippen molar-refractivity contribution in [2.24, 2.45) is 0 Å². The monoisotopic (exact) mass is 221 g/mol. The number of aryl methyl sites for hydroxylation is 1. The normalized spacial score (nSPS) is 10.5. The summed E-state index contributed by atoms with van der Waals surface area (Å²) >= 11 is 1.52. The molecule has 5 heteroatoms. The van der Waals surface area contributed by atoms with E-state index in [2.05, 4.69) is 15.0 Å². The van der Waals surface area contributed by atoms with Gasteiger partial charge in [-0.15, -0.1) is 0 Å². The van der Waals surface area contributed by atoms with Crippen LogP contribution in [0.25, 0.3) is 0 Å². The molecule has 0 radical (unpaired) electrons. The summed E-state index contributed by atoms with van der Waals surface area (Å²) in [6.07, 6.45) is 1.76. The summed E-state index contributed by atoms with van der Waals surface area (Å²) in [5, 5.41) is 9.98. The Kier molecular flexibility index (Phi) is 2.91. The van der Waals surface area contributed by atoms with E-state index in [0.717, 1.165) is 16.6 Å². The van der Waals surface area contributed by atoms with Crippen LogP contribution in [0.5, 0.6) is 5.88 Å². The molecule has 0 saturated carbocycles. The molecule has 15 heavy (non-hydrogen) atoms. The standard InChI is InChI=1S/C10H11N3OS/c1-7-9(14)13-10(12-7)15-6-8-4-2-3-5-11-8/h2-5,14H,6H2,1H3,(H,12,13). The van der Waals surface area contributed by atoms with Crippen LogP contribution < -0.4 is 0 Å². The number of hydrogen-bond acceptors (Lipinski definition) is 4. The average Bonchev–Trinajstić information content (AvgIpc) is 2.57. The van der Waals surface area contributed by atoms with Crippen molar-refractivity contribution in [2.75, 3.05) is 0 Å². The van der Waals surface area contributed by atoms with E-state index < -0.39 is 0 Å². The Morgan fingerprint density at radius 2 is 2.33 bits per heavy atom. The van der Waals surface area contributed by atoms with E-state index in [1.54, 1.807) is 13.1 Å². The molecule has 2 rings (SSSR count). The largest absolute Gasteiger partial charge is 0.492 e. The highest BCUT2D eigenvalue weighted by Gasteiger charge is 2.05. The maximum atomic E-state index is 9.27. The number of aromatic hydroxyl groups is 1. The van der Waals surface area contributed by atoms with Crippen molar-refractivity contribution in [3.8, 4) is 5.88 Å². The molecule has 4 nitrogen and oxygen atoms in total. The maximum absolute atomic E-state index is 9.27. The number of imidazole rings is 1. The van der Waals surface area contributed by atoms with E-state index in [0.29, 0.717) is 5.69 Å². The van der Waals surface area contributed by atoms with Gasteiger partial charge in [0, 0.05) is 11.9 Å². The summed E-state index contributed by atoms with van der Waals surface area (Å²) in [7, 11) is 0. The topological polar surface area (TPSA) is 61.8 Å². The predicted molar refractivity (Wildman–Crippen MR) is 58.8 cm³/mol. The van der Waals surface area contributed by atoms with Crippen LogP contribution in [0.2, 0.25) is 0 Å². The van der Waals surface area contributed by atoms with Crippen LogP contribution >= 0.6 is 11.8 Å². The molecule has 0 spiro atoms. The third-order valence-electron chi connectivity index (χ3n) is 1.92. The molecule has 0 amide bonds. The zero-order chi connectivity index (χ0) is 10.7. The molecule has 0 aliphatic heterocycles. The Morgan fingerprint density at radius 3 is 2.93 bits per heavy atom. The van der Waals surface area contributed by atoms with E-state index in [1.165, 1.54) is 11.8 Å². The highest BCUT2D eigenvalue weighted by atomic mass is 32.2. The van der Waals surface area contributed by atoms with Crippen molar-refractivity contribution in [1.82, 2.24) is 15.0 Å². The number of H-pyrrole nitrogens is 1. The second-order valence-corrected chi connectivity index (χ2v) is 4.06. The predicted octanol–water partition coefficient (Wildman–Crippen LogP) is 2.11. The third-order valence-corrected chi connectivity index (χ3v) is 2.83. The molecule has 78 valence electrons. The molecule has 0 aromatic carbocycles. The van der Waals surface area contributed by atoms with E-state index >= 15 is 0 Å². The fraction of sp³-hybridized carbons (Fsp3) is 0.200. The van der Waals surface area contributed by atoms with Crippen LogP contribution in [0, 0.1) is 6.92 Å². The van der Waals surface area contributed by atoms with Crippen LogP contribution in [0.15, 0.2) is 29.6 Å². The average molecular weight is 221 g/mol. The second-order valence-electron chi connectivity index (χ2n) is 3.10. The van der Waals surface area contributed by atoms with Gasteiger partial charge in [0.15, 0.2) is 5.16 Å². The van der Waals surface area contributed by atoms with Crippen LogP contribution in [-0.2, 0) is 5.75 Å². The molecule has 2 aromatic heterocycles. The first-order valence-electron chi connectivity index (χ1n) is 4.54. The summed E-state index contributed by atoms with van der Waals surface area (Å²) in [5.41, 5.74) is 1.69. The second kappa shape index (κ2) is 4.35. The van der Waals surface area contributed by atoms with Gasteiger partial charge >= 0.3 is 0 Å². The van der Waals surface area contributed by atoms with Gasteiger partial charge < -0.3 is 10.1 Å². The van der Waals surface area contributed by atoms with E-state index in [-0.39, 0.29) is 5.88 Å². The van der Waals surface area contributed by atoms with E-state index in [9.17, 15) is 5.11 Å². The molecule has 2 heterocycles. The zero-order valence-corrected chi connectivity index (χ0v) is 9.08. The van der Waals surface area contributed by atoms with Crippen LogP contribution in [0.1, 0.15) is 11.4 Å². The smallest absolute Gasteiger partial charge is 0.233 e. The summed E-state index contributed by atoms with van der Waals surface area (Å²) < 4.78 is 0. The number of nitrogens with one attached hydrogen (secondary N) is 1. The highest BCUT2D eigenvalue weighted by molar-refractivity contribution is 7.98. The first-order valence-corrected chi connectivity index (χ1v) is 5.52. The fourth-order valence-electron chi connectivity index (χ4n) is 1.12. The lowest BCUT2D eigenvalue weighted by Gasteiger charge is -1.96. The number of pyridine rings is 1. The van der Waals surface area contributed by atoms with Crippen LogP contribution in [0.4, 0.5) is 0 Å². The summed E-state index contributed by atoms with van der Waals surface area (Å²) in [4.78, 5) is 11.1. The molecule has 0 aliphatic carbocycles. The molecule has 0 aliphatic rings. The fourth-order valence-corrected chi connectivity index (χ4v) is 1.95. The maximum Gasteiger partial charge on any atom is 0.233 e. The molecular formula is C10H11N3OS. The summed E-state index contributed by atoms with van der Waals surface area (Å²) in [6, 6.07) is 5.80. The van der Waals surface area contributed by atoms with Gasteiger partial charge in [-0.3, -0.25) is 4.98 Å². The SMILES string of the molecule is Cc1[nH]c(SCc2ccccn2)nc1O. The van der Waals surface area contributed by atoms with Crippen molar-refractivity contribution in [3.05, 3.63) is 35.8 Å². The van der Waals surface area contributed by atoms with Crippen molar-refractivity contribution < 1.29 is 5.11 Å². The van der Waals surface area contributed by atoms with Gasteiger partial charge in [0.05, 0.1) is 11.4 Å². The lowest BCUT2D eigenvalue weighted by Crippen LogP contribution is -1.85. The number of rotatable bonds is 3. The highest BCUT2D eigenvalue weighted by Crippen LogP contribution is 2.22. The van der Waals surface area contributed by atoms with Gasteiger partial charge in [0.25, 0.3) is 0 Å². The summed E-state index contributed by atoms with van der Waals surface area (Å²) in [5.74, 6) is 0.811. The number of aromatic amines is 1. The number of thioether (sulfide) groups is 1. The molecule has 2 aromatic rings. The summed E-state index contributed by atoms with van der Waals surface area (Å²) in [6.45, 7) is 1.78. The quantitative estimate of drug-likeness (QED) is 0.779. The van der Waals surface area contributed by atoms with Gasteiger partial charge in [-0.1, -0.05) is 17.8 Å². The van der Waals surface area contributed by atoms with Gasteiger partial charge in [0.1, 0.15) is 0 Å². The Balaban J connectivity index is 1.99. The first-order chi connectivity index (χ1) is 7.25. The van der Waals surface area contributed by atoms with E-state index in [1.807, 2.05) is 18.2 Å². The number of aromatic nitrogens is 3.